The van der Waals surface area contributed by atoms with Gasteiger partial charge in [0.2, 0.25) is 0 Å². The minimum Gasteiger partial charge on any atom is -0.396 e. The van der Waals surface area contributed by atoms with Gasteiger partial charge >= 0.3 is 0 Å². The van der Waals surface area contributed by atoms with Crippen molar-refractivity contribution in [2.24, 2.45) is 0 Å². The van der Waals surface area contributed by atoms with Crippen LogP contribution in [0.15, 0.2) is 0 Å². The first-order valence-electron chi connectivity index (χ1n) is 6.77. The lowest BCUT2D eigenvalue weighted by atomic mass is 9.99. The van der Waals surface area contributed by atoms with E-state index in [-0.39, 0.29) is 19.3 Å². The van der Waals surface area contributed by atoms with E-state index in [1.165, 1.54) is 0 Å². The van der Waals surface area contributed by atoms with Crippen LogP contribution in [0.3, 0.4) is 0 Å². The number of aliphatic hydroxyl groups excluding tert-OH is 5. The molecule has 0 bridgehead atoms. The van der Waals surface area contributed by atoms with Gasteiger partial charge in [-0.2, -0.15) is 0 Å². The van der Waals surface area contributed by atoms with Crippen LogP contribution in [-0.2, 0) is 9.47 Å². The van der Waals surface area contributed by atoms with E-state index in [0.29, 0.717) is 13.0 Å². The Morgan fingerprint density at radius 3 is 2.45 bits per heavy atom. The Morgan fingerprint density at radius 2 is 1.85 bits per heavy atom. The summed E-state index contributed by atoms with van der Waals surface area (Å²) in [6.07, 6.45) is -5.62. The minimum atomic E-state index is -1.43. The molecule has 8 heteroatoms. The lowest BCUT2D eigenvalue weighted by Crippen LogP contribution is -2.59. The average Bonchev–Trinajstić information content (AvgIpc) is 2.44. The summed E-state index contributed by atoms with van der Waals surface area (Å²) in [6, 6.07) is -0.0334. The molecule has 6 N–H and O–H groups in total. The van der Waals surface area contributed by atoms with Crippen LogP contribution in [-0.4, -0.2) is 88.6 Å². The van der Waals surface area contributed by atoms with Crippen molar-refractivity contribution in [2.75, 3.05) is 26.4 Å². The molecule has 20 heavy (non-hydrogen) atoms. The molecule has 0 spiro atoms. The molecule has 1 heterocycles. The summed E-state index contributed by atoms with van der Waals surface area (Å²) in [5.74, 6) is 0. The van der Waals surface area contributed by atoms with Crippen molar-refractivity contribution < 1.29 is 35.0 Å². The molecule has 1 saturated heterocycles. The zero-order valence-corrected chi connectivity index (χ0v) is 11.6. The molecule has 1 fully saturated rings. The van der Waals surface area contributed by atoms with Crippen molar-refractivity contribution in [3.05, 3.63) is 0 Å². The van der Waals surface area contributed by atoms with E-state index < -0.39 is 37.3 Å². The second kappa shape index (κ2) is 8.85. The highest BCUT2D eigenvalue weighted by atomic mass is 16.7. The predicted molar refractivity (Wildman–Crippen MR) is 68.9 cm³/mol. The molecule has 0 aromatic rings. The Hall–Kier alpha value is -0.320. The second-order valence-electron chi connectivity index (χ2n) is 4.96. The summed E-state index contributed by atoms with van der Waals surface area (Å²) in [6.45, 7) is 2.34. The molecular formula is C12H25NO7. The van der Waals surface area contributed by atoms with Gasteiger partial charge in [0.15, 0.2) is 6.29 Å². The SMILES string of the molecule is CC(CO[C@H]1O[C@H](CO)[C@H](O)[C@H](O)[C@H]1O)NCCCO. The van der Waals surface area contributed by atoms with Crippen LogP contribution in [0.25, 0.3) is 0 Å². The first-order chi connectivity index (χ1) is 9.51. The summed E-state index contributed by atoms with van der Waals surface area (Å²) in [7, 11) is 0. The second-order valence-corrected chi connectivity index (χ2v) is 4.96. The maximum Gasteiger partial charge on any atom is 0.186 e. The Balaban J connectivity index is 2.38. The molecule has 0 radical (unpaired) electrons. The number of hydrogen-bond acceptors (Lipinski definition) is 8. The lowest BCUT2D eigenvalue weighted by Gasteiger charge is -2.39. The van der Waals surface area contributed by atoms with Crippen molar-refractivity contribution in [1.29, 1.82) is 0 Å². The fourth-order valence-electron chi connectivity index (χ4n) is 1.93. The van der Waals surface area contributed by atoms with Gasteiger partial charge in [0, 0.05) is 12.6 Å². The Morgan fingerprint density at radius 1 is 1.15 bits per heavy atom. The molecule has 1 aliphatic heterocycles. The highest BCUT2D eigenvalue weighted by molar-refractivity contribution is 4.88. The molecular weight excluding hydrogens is 270 g/mol. The van der Waals surface area contributed by atoms with Crippen LogP contribution >= 0.6 is 0 Å². The van der Waals surface area contributed by atoms with Crippen LogP contribution < -0.4 is 5.32 Å². The third kappa shape index (κ3) is 4.90. The summed E-state index contributed by atoms with van der Waals surface area (Å²) in [5, 5.41) is 49.7. The highest BCUT2D eigenvalue weighted by Gasteiger charge is 2.44. The number of ether oxygens (including phenoxy) is 2. The fourth-order valence-corrected chi connectivity index (χ4v) is 1.93. The number of aliphatic hydroxyl groups is 5. The van der Waals surface area contributed by atoms with Crippen molar-refractivity contribution >= 4 is 0 Å². The van der Waals surface area contributed by atoms with E-state index in [1.54, 1.807) is 0 Å². The van der Waals surface area contributed by atoms with Crippen LogP contribution in [0.4, 0.5) is 0 Å². The molecule has 1 unspecified atom stereocenters. The number of rotatable bonds is 8. The standard InChI is InChI=1S/C12H25NO7/c1-7(13-3-2-4-14)6-19-12-11(18)10(17)9(16)8(5-15)20-12/h7-18H,2-6H2,1H3/t7?,8-,9+,10+,11-,12+/m1/s1. The zero-order valence-electron chi connectivity index (χ0n) is 11.6. The molecule has 0 aromatic carbocycles. The Bertz CT molecular complexity index is 266. The van der Waals surface area contributed by atoms with Crippen LogP contribution in [0.2, 0.25) is 0 Å². The lowest BCUT2D eigenvalue weighted by molar-refractivity contribution is -0.301. The van der Waals surface area contributed by atoms with Gasteiger partial charge in [-0.3, -0.25) is 0 Å². The molecule has 6 atom stereocenters. The van der Waals surface area contributed by atoms with Crippen LogP contribution in [0.5, 0.6) is 0 Å². The van der Waals surface area contributed by atoms with Gasteiger partial charge in [0.05, 0.1) is 13.2 Å². The van der Waals surface area contributed by atoms with E-state index in [4.69, 9.17) is 19.7 Å². The molecule has 0 amide bonds. The molecule has 1 aliphatic rings. The minimum absolute atomic E-state index is 0.0334. The molecule has 0 saturated carbocycles. The smallest absolute Gasteiger partial charge is 0.186 e. The van der Waals surface area contributed by atoms with Crippen LogP contribution in [0, 0.1) is 0 Å². The van der Waals surface area contributed by atoms with E-state index in [9.17, 15) is 15.3 Å². The van der Waals surface area contributed by atoms with E-state index in [2.05, 4.69) is 5.32 Å². The molecule has 0 aliphatic carbocycles. The topological polar surface area (TPSA) is 132 Å². The first kappa shape index (κ1) is 17.7. The Labute approximate surface area is 117 Å². The largest absolute Gasteiger partial charge is 0.396 e. The highest BCUT2D eigenvalue weighted by Crippen LogP contribution is 2.21. The number of hydrogen-bond donors (Lipinski definition) is 6. The first-order valence-corrected chi connectivity index (χ1v) is 6.77. The summed E-state index contributed by atoms with van der Waals surface area (Å²) in [5.41, 5.74) is 0. The zero-order chi connectivity index (χ0) is 15.1. The van der Waals surface area contributed by atoms with Gasteiger partial charge in [-0.1, -0.05) is 0 Å². The van der Waals surface area contributed by atoms with Gasteiger partial charge in [0.25, 0.3) is 0 Å². The predicted octanol–water partition coefficient (Wildman–Crippen LogP) is -2.84. The summed E-state index contributed by atoms with van der Waals surface area (Å²) < 4.78 is 10.6. The van der Waals surface area contributed by atoms with Crippen molar-refractivity contribution in [3.63, 3.8) is 0 Å². The average molecular weight is 295 g/mol. The normalized spacial score (nSPS) is 36.0. The molecule has 120 valence electrons. The number of nitrogens with one attached hydrogen (secondary N) is 1. The van der Waals surface area contributed by atoms with Gasteiger partial charge in [-0.05, 0) is 19.9 Å². The monoisotopic (exact) mass is 295 g/mol. The Kier molecular flexibility index (Phi) is 7.85. The van der Waals surface area contributed by atoms with Crippen LogP contribution in [0.1, 0.15) is 13.3 Å². The van der Waals surface area contributed by atoms with Gasteiger partial charge in [0.1, 0.15) is 24.4 Å². The van der Waals surface area contributed by atoms with Crippen molar-refractivity contribution in [3.8, 4) is 0 Å². The third-order valence-electron chi connectivity index (χ3n) is 3.19. The summed E-state index contributed by atoms with van der Waals surface area (Å²) >= 11 is 0. The van der Waals surface area contributed by atoms with Gasteiger partial charge in [-0.15, -0.1) is 0 Å². The summed E-state index contributed by atoms with van der Waals surface area (Å²) in [4.78, 5) is 0. The van der Waals surface area contributed by atoms with E-state index in [0.717, 1.165) is 0 Å². The molecule has 0 aromatic heterocycles. The maximum atomic E-state index is 9.75. The van der Waals surface area contributed by atoms with Crippen molar-refractivity contribution in [1.82, 2.24) is 5.32 Å². The van der Waals surface area contributed by atoms with E-state index in [1.807, 2.05) is 6.92 Å². The maximum absolute atomic E-state index is 9.75. The van der Waals surface area contributed by atoms with Gasteiger partial charge < -0.3 is 40.3 Å². The molecule has 1 rings (SSSR count). The van der Waals surface area contributed by atoms with Gasteiger partial charge in [-0.25, -0.2) is 0 Å². The molecule has 8 nitrogen and oxygen atoms in total. The quantitative estimate of drug-likeness (QED) is 0.264. The van der Waals surface area contributed by atoms with Crippen molar-refractivity contribution in [2.45, 2.75) is 50.1 Å². The third-order valence-corrected chi connectivity index (χ3v) is 3.19. The van der Waals surface area contributed by atoms with E-state index >= 15 is 0 Å². The fraction of sp³-hybridized carbons (Fsp3) is 1.00.